The Balaban J connectivity index is 1.68. The fourth-order valence-corrected chi connectivity index (χ4v) is 2.75. The van der Waals surface area contributed by atoms with Crippen LogP contribution in [0.4, 0.5) is 0 Å². The van der Waals surface area contributed by atoms with Crippen LogP contribution in [0.15, 0.2) is 36.7 Å². The number of pyridine rings is 1. The first-order valence-electron chi connectivity index (χ1n) is 6.93. The van der Waals surface area contributed by atoms with Crippen molar-refractivity contribution in [1.29, 1.82) is 0 Å². The van der Waals surface area contributed by atoms with Crippen LogP contribution in [0.5, 0.6) is 0 Å². The summed E-state index contributed by atoms with van der Waals surface area (Å²) in [6, 6.07) is 9.22. The molecule has 3 rings (SSSR count). The molecule has 1 aromatic carbocycles. The van der Waals surface area contributed by atoms with Gasteiger partial charge in [0.2, 0.25) is 0 Å². The molecule has 1 aliphatic carbocycles. The molecular formula is C16H20N2. The molecule has 0 saturated heterocycles. The SMILES string of the molecule is CCCC1CC1NCc1cncc2ccccc12. The number of hydrogen-bond acceptors (Lipinski definition) is 2. The molecule has 2 aromatic rings. The number of benzene rings is 1. The minimum absolute atomic E-state index is 0.740. The summed E-state index contributed by atoms with van der Waals surface area (Å²) in [6.45, 7) is 3.21. The van der Waals surface area contributed by atoms with Crippen molar-refractivity contribution in [3.05, 3.63) is 42.2 Å². The Kier molecular flexibility index (Phi) is 3.28. The molecule has 1 fully saturated rings. The van der Waals surface area contributed by atoms with Crippen LogP contribution in [-0.4, -0.2) is 11.0 Å². The standard InChI is InChI=1S/C16H20N2/c1-2-5-12-8-16(12)18-11-14-10-17-9-13-6-3-4-7-15(13)14/h3-4,6-7,9-10,12,16,18H,2,5,8,11H2,1H3. The van der Waals surface area contributed by atoms with Crippen LogP contribution in [0.2, 0.25) is 0 Å². The molecule has 0 spiro atoms. The Morgan fingerprint density at radius 3 is 3.06 bits per heavy atom. The lowest BCUT2D eigenvalue weighted by atomic mass is 10.1. The van der Waals surface area contributed by atoms with E-state index in [-0.39, 0.29) is 0 Å². The highest BCUT2D eigenvalue weighted by Gasteiger charge is 2.35. The van der Waals surface area contributed by atoms with Crippen LogP contribution in [0, 0.1) is 5.92 Å². The summed E-state index contributed by atoms with van der Waals surface area (Å²) in [5.74, 6) is 0.915. The summed E-state index contributed by atoms with van der Waals surface area (Å²) in [7, 11) is 0. The summed E-state index contributed by atoms with van der Waals surface area (Å²) in [5, 5.41) is 6.22. The van der Waals surface area contributed by atoms with E-state index in [1.807, 2.05) is 12.4 Å². The predicted octanol–water partition coefficient (Wildman–Crippen LogP) is 3.51. The number of fused-ring (bicyclic) bond motifs is 1. The van der Waals surface area contributed by atoms with E-state index in [9.17, 15) is 0 Å². The Hall–Kier alpha value is -1.41. The Bertz CT molecular complexity index is 530. The molecule has 94 valence electrons. The van der Waals surface area contributed by atoms with Crippen LogP contribution in [0.1, 0.15) is 31.7 Å². The minimum Gasteiger partial charge on any atom is -0.310 e. The van der Waals surface area contributed by atoms with Gasteiger partial charge in [-0.2, -0.15) is 0 Å². The largest absolute Gasteiger partial charge is 0.310 e. The van der Waals surface area contributed by atoms with E-state index in [1.165, 1.54) is 35.6 Å². The first-order chi connectivity index (χ1) is 8.88. The molecule has 0 radical (unpaired) electrons. The first kappa shape index (κ1) is 11.7. The summed E-state index contributed by atoms with van der Waals surface area (Å²) >= 11 is 0. The van der Waals surface area contributed by atoms with Crippen molar-refractivity contribution in [3.63, 3.8) is 0 Å². The predicted molar refractivity (Wildman–Crippen MR) is 75.4 cm³/mol. The van der Waals surface area contributed by atoms with Crippen molar-refractivity contribution < 1.29 is 0 Å². The second kappa shape index (κ2) is 5.07. The van der Waals surface area contributed by atoms with Crippen LogP contribution in [0.25, 0.3) is 10.8 Å². The molecule has 18 heavy (non-hydrogen) atoms. The maximum absolute atomic E-state index is 4.33. The van der Waals surface area contributed by atoms with Crippen molar-refractivity contribution in [1.82, 2.24) is 10.3 Å². The number of nitrogens with zero attached hydrogens (tertiary/aromatic N) is 1. The van der Waals surface area contributed by atoms with Crippen LogP contribution in [0.3, 0.4) is 0 Å². The molecule has 2 heteroatoms. The minimum atomic E-state index is 0.740. The lowest BCUT2D eigenvalue weighted by Gasteiger charge is -2.07. The summed E-state index contributed by atoms with van der Waals surface area (Å²) < 4.78 is 0. The van der Waals surface area contributed by atoms with Gasteiger partial charge in [-0.3, -0.25) is 4.98 Å². The van der Waals surface area contributed by atoms with Crippen LogP contribution < -0.4 is 5.32 Å². The third kappa shape index (κ3) is 2.39. The average Bonchev–Trinajstić information content (AvgIpc) is 3.15. The van der Waals surface area contributed by atoms with Gasteiger partial charge in [0.15, 0.2) is 0 Å². The number of nitrogens with one attached hydrogen (secondary N) is 1. The highest BCUT2D eigenvalue weighted by Crippen LogP contribution is 2.34. The smallest absolute Gasteiger partial charge is 0.0346 e. The Morgan fingerprint density at radius 1 is 1.28 bits per heavy atom. The van der Waals surface area contributed by atoms with E-state index in [0.717, 1.165) is 18.5 Å². The molecule has 1 aliphatic rings. The molecule has 0 aliphatic heterocycles. The molecule has 1 N–H and O–H groups in total. The first-order valence-corrected chi connectivity index (χ1v) is 6.93. The van der Waals surface area contributed by atoms with Crippen molar-refractivity contribution in [2.45, 2.75) is 38.8 Å². The monoisotopic (exact) mass is 240 g/mol. The van der Waals surface area contributed by atoms with E-state index in [2.05, 4.69) is 41.5 Å². The topological polar surface area (TPSA) is 24.9 Å². The zero-order valence-electron chi connectivity index (χ0n) is 10.9. The van der Waals surface area contributed by atoms with E-state index in [0.29, 0.717) is 0 Å². The molecule has 0 bridgehead atoms. The molecule has 0 amide bonds. The molecule has 1 aromatic heterocycles. The summed E-state index contributed by atoms with van der Waals surface area (Å²) in [4.78, 5) is 4.33. The third-order valence-corrected chi connectivity index (χ3v) is 3.89. The van der Waals surface area contributed by atoms with Gasteiger partial charge < -0.3 is 5.32 Å². The van der Waals surface area contributed by atoms with Gasteiger partial charge in [-0.05, 0) is 29.7 Å². The summed E-state index contributed by atoms with van der Waals surface area (Å²) in [6.07, 6.45) is 7.96. The maximum Gasteiger partial charge on any atom is 0.0346 e. The number of hydrogen-bond donors (Lipinski definition) is 1. The number of aromatic nitrogens is 1. The van der Waals surface area contributed by atoms with E-state index in [1.54, 1.807) is 0 Å². The zero-order valence-corrected chi connectivity index (χ0v) is 10.9. The van der Waals surface area contributed by atoms with E-state index < -0.39 is 0 Å². The van der Waals surface area contributed by atoms with Crippen molar-refractivity contribution >= 4 is 10.8 Å². The molecule has 1 saturated carbocycles. The van der Waals surface area contributed by atoms with Gasteiger partial charge in [-0.25, -0.2) is 0 Å². The third-order valence-electron chi connectivity index (χ3n) is 3.89. The fraction of sp³-hybridized carbons (Fsp3) is 0.438. The molecular weight excluding hydrogens is 220 g/mol. The molecule has 2 unspecified atom stereocenters. The summed E-state index contributed by atoms with van der Waals surface area (Å²) in [5.41, 5.74) is 1.32. The van der Waals surface area contributed by atoms with Crippen LogP contribution in [-0.2, 0) is 6.54 Å². The highest BCUT2D eigenvalue weighted by atomic mass is 15.0. The lowest BCUT2D eigenvalue weighted by Crippen LogP contribution is -2.17. The van der Waals surface area contributed by atoms with Gasteiger partial charge in [0.25, 0.3) is 0 Å². The normalized spacial score (nSPS) is 22.3. The van der Waals surface area contributed by atoms with Gasteiger partial charge in [0.1, 0.15) is 0 Å². The highest BCUT2D eigenvalue weighted by molar-refractivity contribution is 5.84. The van der Waals surface area contributed by atoms with Gasteiger partial charge in [0, 0.05) is 30.4 Å². The lowest BCUT2D eigenvalue weighted by molar-refractivity contribution is 0.600. The van der Waals surface area contributed by atoms with Gasteiger partial charge in [-0.1, -0.05) is 37.6 Å². The second-order valence-electron chi connectivity index (χ2n) is 5.29. The average molecular weight is 240 g/mol. The van der Waals surface area contributed by atoms with E-state index >= 15 is 0 Å². The van der Waals surface area contributed by atoms with Gasteiger partial charge in [0.05, 0.1) is 0 Å². The fourth-order valence-electron chi connectivity index (χ4n) is 2.75. The van der Waals surface area contributed by atoms with Crippen molar-refractivity contribution in [2.24, 2.45) is 5.92 Å². The quantitative estimate of drug-likeness (QED) is 0.865. The second-order valence-corrected chi connectivity index (χ2v) is 5.29. The molecule has 2 atom stereocenters. The molecule has 1 heterocycles. The van der Waals surface area contributed by atoms with Crippen molar-refractivity contribution in [2.75, 3.05) is 0 Å². The van der Waals surface area contributed by atoms with Crippen LogP contribution >= 0.6 is 0 Å². The van der Waals surface area contributed by atoms with Gasteiger partial charge >= 0.3 is 0 Å². The maximum atomic E-state index is 4.33. The number of rotatable bonds is 5. The Labute approximate surface area is 108 Å². The van der Waals surface area contributed by atoms with E-state index in [4.69, 9.17) is 0 Å². The zero-order chi connectivity index (χ0) is 12.4. The van der Waals surface area contributed by atoms with Gasteiger partial charge in [-0.15, -0.1) is 0 Å². The Morgan fingerprint density at radius 2 is 2.17 bits per heavy atom. The van der Waals surface area contributed by atoms with Crippen molar-refractivity contribution in [3.8, 4) is 0 Å². The molecule has 2 nitrogen and oxygen atoms in total.